The molecular formula is C27H25N5O3S. The predicted molar refractivity (Wildman–Crippen MR) is 140 cm³/mol. The Morgan fingerprint density at radius 1 is 0.944 bits per heavy atom. The number of nitrogens with one attached hydrogen (secondary N) is 1. The zero-order chi connectivity index (χ0) is 25.3. The second-order valence-electron chi connectivity index (χ2n) is 8.66. The molecule has 0 bridgehead atoms. The third-order valence-electron chi connectivity index (χ3n) is 5.90. The number of carbonyl (C=O) groups is 1. The molecule has 1 aliphatic rings. The summed E-state index contributed by atoms with van der Waals surface area (Å²) >= 11 is 0. The number of amides is 1. The first-order valence-electron chi connectivity index (χ1n) is 11.4. The maximum absolute atomic E-state index is 12.7. The van der Waals surface area contributed by atoms with Gasteiger partial charge in [-0.15, -0.1) is 0 Å². The van der Waals surface area contributed by atoms with Gasteiger partial charge in [-0.1, -0.05) is 60.7 Å². The van der Waals surface area contributed by atoms with Crippen molar-refractivity contribution >= 4 is 27.3 Å². The molecule has 0 aliphatic carbocycles. The van der Waals surface area contributed by atoms with Crippen LogP contribution in [-0.4, -0.2) is 41.1 Å². The highest BCUT2D eigenvalue weighted by Gasteiger charge is 2.34. The third kappa shape index (κ3) is 4.92. The van der Waals surface area contributed by atoms with E-state index in [2.05, 4.69) is 9.82 Å². The van der Waals surface area contributed by atoms with E-state index in [-0.39, 0.29) is 11.9 Å². The minimum absolute atomic E-state index is 0.188. The van der Waals surface area contributed by atoms with E-state index in [1.54, 1.807) is 18.2 Å². The van der Waals surface area contributed by atoms with Gasteiger partial charge in [-0.3, -0.25) is 9.52 Å². The van der Waals surface area contributed by atoms with Crippen molar-refractivity contribution in [1.29, 1.82) is 0 Å². The second kappa shape index (κ2) is 9.43. The lowest BCUT2D eigenvalue weighted by atomic mass is 9.96. The average Bonchev–Trinajstić information content (AvgIpc) is 3.50. The van der Waals surface area contributed by atoms with E-state index in [0.29, 0.717) is 17.8 Å². The SMILES string of the molecule is CC(=O)N1N=C(c2cccc(NS(C)(=O)=O)c2)CC1c1cn(-c2ccccc2)nc1-c1ccccc1. The highest BCUT2D eigenvalue weighted by Crippen LogP contribution is 2.38. The molecule has 1 atom stereocenters. The molecule has 8 nitrogen and oxygen atoms in total. The van der Waals surface area contributed by atoms with Crippen LogP contribution in [0.25, 0.3) is 16.9 Å². The number of sulfonamides is 1. The maximum Gasteiger partial charge on any atom is 0.240 e. The minimum atomic E-state index is -3.42. The summed E-state index contributed by atoms with van der Waals surface area (Å²) in [4.78, 5) is 12.7. The van der Waals surface area contributed by atoms with Gasteiger partial charge in [-0.05, 0) is 29.8 Å². The molecule has 1 aliphatic heterocycles. The molecule has 0 fully saturated rings. The van der Waals surface area contributed by atoms with E-state index in [0.717, 1.165) is 34.3 Å². The Kier molecular flexibility index (Phi) is 6.15. The highest BCUT2D eigenvalue weighted by atomic mass is 32.2. The van der Waals surface area contributed by atoms with Crippen molar-refractivity contribution in [2.45, 2.75) is 19.4 Å². The Balaban J connectivity index is 1.56. The molecule has 36 heavy (non-hydrogen) atoms. The van der Waals surface area contributed by atoms with Gasteiger partial charge in [0.2, 0.25) is 15.9 Å². The van der Waals surface area contributed by atoms with E-state index in [1.807, 2.05) is 77.6 Å². The lowest BCUT2D eigenvalue weighted by Crippen LogP contribution is -2.24. The molecule has 1 amide bonds. The van der Waals surface area contributed by atoms with Crippen LogP contribution >= 0.6 is 0 Å². The number of benzene rings is 3. The molecule has 4 aromatic rings. The third-order valence-corrected chi connectivity index (χ3v) is 6.51. The van der Waals surface area contributed by atoms with Gasteiger partial charge in [0.1, 0.15) is 0 Å². The van der Waals surface area contributed by atoms with Crippen molar-refractivity contribution in [2.24, 2.45) is 5.10 Å². The molecule has 1 aromatic heterocycles. The van der Waals surface area contributed by atoms with Crippen molar-refractivity contribution in [1.82, 2.24) is 14.8 Å². The summed E-state index contributed by atoms with van der Waals surface area (Å²) < 4.78 is 27.7. The summed E-state index contributed by atoms with van der Waals surface area (Å²) in [6.07, 6.45) is 3.52. The Bertz CT molecular complexity index is 1550. The number of hydrogen-bond donors (Lipinski definition) is 1. The molecule has 2 heterocycles. The van der Waals surface area contributed by atoms with Crippen molar-refractivity contribution < 1.29 is 13.2 Å². The van der Waals surface area contributed by atoms with Crippen LogP contribution in [0.3, 0.4) is 0 Å². The first kappa shape index (κ1) is 23.5. The average molecular weight is 500 g/mol. The topological polar surface area (TPSA) is 96.7 Å². The number of carbonyl (C=O) groups excluding carboxylic acids is 1. The molecule has 0 saturated carbocycles. The Morgan fingerprint density at radius 2 is 1.61 bits per heavy atom. The normalized spacial score (nSPS) is 15.6. The molecule has 1 N–H and O–H groups in total. The van der Waals surface area contributed by atoms with Crippen LogP contribution < -0.4 is 4.72 Å². The van der Waals surface area contributed by atoms with Crippen LogP contribution in [0.4, 0.5) is 5.69 Å². The van der Waals surface area contributed by atoms with Crippen LogP contribution in [0, 0.1) is 0 Å². The Labute approximate surface area is 209 Å². The van der Waals surface area contributed by atoms with Gasteiger partial charge in [0.05, 0.1) is 29.4 Å². The van der Waals surface area contributed by atoms with Gasteiger partial charge in [0, 0.05) is 36.4 Å². The van der Waals surface area contributed by atoms with Crippen molar-refractivity contribution in [3.63, 3.8) is 0 Å². The number of hydrogen-bond acceptors (Lipinski definition) is 5. The minimum Gasteiger partial charge on any atom is -0.284 e. The van der Waals surface area contributed by atoms with Crippen molar-refractivity contribution in [3.8, 4) is 16.9 Å². The van der Waals surface area contributed by atoms with Gasteiger partial charge < -0.3 is 0 Å². The molecule has 0 spiro atoms. The van der Waals surface area contributed by atoms with Crippen LogP contribution in [0.15, 0.2) is 96.2 Å². The van der Waals surface area contributed by atoms with E-state index in [9.17, 15) is 13.2 Å². The van der Waals surface area contributed by atoms with Gasteiger partial charge >= 0.3 is 0 Å². The van der Waals surface area contributed by atoms with Gasteiger partial charge in [0.25, 0.3) is 0 Å². The lowest BCUT2D eigenvalue weighted by molar-refractivity contribution is -0.130. The number of rotatable bonds is 6. The molecule has 9 heteroatoms. The van der Waals surface area contributed by atoms with E-state index in [4.69, 9.17) is 5.10 Å². The summed E-state index contributed by atoms with van der Waals surface area (Å²) in [7, 11) is -3.42. The van der Waals surface area contributed by atoms with E-state index < -0.39 is 10.0 Å². The smallest absolute Gasteiger partial charge is 0.240 e. The van der Waals surface area contributed by atoms with Crippen LogP contribution in [0.1, 0.15) is 30.5 Å². The second-order valence-corrected chi connectivity index (χ2v) is 10.4. The molecule has 0 radical (unpaired) electrons. The number of anilines is 1. The van der Waals surface area contributed by atoms with Gasteiger partial charge in [-0.25, -0.2) is 18.1 Å². The predicted octanol–water partition coefficient (Wildman–Crippen LogP) is 4.61. The van der Waals surface area contributed by atoms with Crippen LogP contribution in [-0.2, 0) is 14.8 Å². The summed E-state index contributed by atoms with van der Waals surface area (Å²) in [5.41, 5.74) is 5.39. The van der Waals surface area contributed by atoms with Crippen LogP contribution in [0.5, 0.6) is 0 Å². The summed E-state index contributed by atoms with van der Waals surface area (Å²) in [5.74, 6) is -0.188. The summed E-state index contributed by atoms with van der Waals surface area (Å²) in [6.45, 7) is 1.49. The Morgan fingerprint density at radius 3 is 2.28 bits per heavy atom. The van der Waals surface area contributed by atoms with Gasteiger partial charge in [0.15, 0.2) is 0 Å². The van der Waals surface area contributed by atoms with Crippen molar-refractivity contribution in [2.75, 3.05) is 11.0 Å². The quantitative estimate of drug-likeness (QED) is 0.419. The van der Waals surface area contributed by atoms with Gasteiger partial charge in [-0.2, -0.15) is 10.2 Å². The molecular weight excluding hydrogens is 474 g/mol. The first-order chi connectivity index (χ1) is 17.3. The number of nitrogens with zero attached hydrogens (tertiary/aromatic N) is 4. The number of aromatic nitrogens is 2. The lowest BCUT2D eigenvalue weighted by Gasteiger charge is -2.20. The fourth-order valence-electron chi connectivity index (χ4n) is 4.36. The van der Waals surface area contributed by atoms with Crippen molar-refractivity contribution in [3.05, 3.63) is 102 Å². The molecule has 182 valence electrons. The molecule has 1 unspecified atom stereocenters. The fraction of sp³-hybridized carbons (Fsp3) is 0.148. The van der Waals surface area contributed by atoms with E-state index >= 15 is 0 Å². The van der Waals surface area contributed by atoms with Crippen LogP contribution in [0.2, 0.25) is 0 Å². The zero-order valence-electron chi connectivity index (χ0n) is 19.9. The largest absolute Gasteiger partial charge is 0.284 e. The number of para-hydroxylation sites is 1. The highest BCUT2D eigenvalue weighted by molar-refractivity contribution is 7.92. The monoisotopic (exact) mass is 499 g/mol. The molecule has 5 rings (SSSR count). The molecule has 3 aromatic carbocycles. The fourth-order valence-corrected chi connectivity index (χ4v) is 4.91. The zero-order valence-corrected chi connectivity index (χ0v) is 20.7. The molecule has 0 saturated heterocycles. The van der Waals surface area contributed by atoms with E-state index in [1.165, 1.54) is 11.9 Å². The standard InChI is InChI=1S/C27H25N5O3S/c1-19(33)32-26(17-25(28-32)21-12-9-13-22(16-21)30-36(2,34)35)24-18-31(23-14-7-4-8-15-23)29-27(24)20-10-5-3-6-11-20/h3-16,18,26,30H,17H2,1-2H3. The maximum atomic E-state index is 12.7. The Hall–Kier alpha value is -4.24. The summed E-state index contributed by atoms with van der Waals surface area (Å²) in [5, 5.41) is 11.0. The first-order valence-corrected chi connectivity index (χ1v) is 13.3. The summed E-state index contributed by atoms with van der Waals surface area (Å²) in [6, 6.07) is 26.3. The number of hydrazone groups is 1.